The van der Waals surface area contributed by atoms with Crippen molar-refractivity contribution in [2.24, 2.45) is 0 Å². The second kappa shape index (κ2) is 7.37. The van der Waals surface area contributed by atoms with Crippen LogP contribution in [0, 0.1) is 0 Å². The second-order valence-corrected chi connectivity index (χ2v) is 6.59. The molecule has 0 spiro atoms. The van der Waals surface area contributed by atoms with Gasteiger partial charge in [0.2, 0.25) is 0 Å². The van der Waals surface area contributed by atoms with E-state index in [1.807, 2.05) is 17.5 Å². The Morgan fingerprint density at radius 1 is 1.12 bits per heavy atom. The van der Waals surface area contributed by atoms with Crippen molar-refractivity contribution in [1.29, 1.82) is 0 Å². The minimum atomic E-state index is -0.488. The zero-order chi connectivity index (χ0) is 16.9. The zero-order valence-electron chi connectivity index (χ0n) is 12.7. The van der Waals surface area contributed by atoms with Crippen molar-refractivity contribution < 1.29 is 19.1 Å². The summed E-state index contributed by atoms with van der Waals surface area (Å²) in [7, 11) is 1.32. The normalized spacial score (nSPS) is 10.4. The number of carbonyl (C=O) groups is 2. The Bertz CT molecular complexity index is 855. The van der Waals surface area contributed by atoms with E-state index in [9.17, 15) is 9.59 Å². The number of hydrogen-bond donors (Lipinski definition) is 0. The van der Waals surface area contributed by atoms with Crippen LogP contribution in [0.4, 0.5) is 0 Å². The van der Waals surface area contributed by atoms with Crippen LogP contribution in [0.2, 0.25) is 0 Å². The van der Waals surface area contributed by atoms with Crippen LogP contribution in [-0.4, -0.2) is 24.0 Å². The summed E-state index contributed by atoms with van der Waals surface area (Å²) in [6.45, 7) is 0.0650. The lowest BCUT2D eigenvalue weighted by Crippen LogP contribution is -2.07. The maximum atomic E-state index is 12.1. The summed E-state index contributed by atoms with van der Waals surface area (Å²) in [5.41, 5.74) is 1.41. The second-order valence-electron chi connectivity index (χ2n) is 4.78. The van der Waals surface area contributed by atoms with Gasteiger partial charge in [0.25, 0.3) is 0 Å². The Kier molecular flexibility index (Phi) is 5.02. The van der Waals surface area contributed by atoms with E-state index in [1.165, 1.54) is 18.4 Å². The highest BCUT2D eigenvalue weighted by Gasteiger charge is 2.14. The Hall–Kier alpha value is -2.51. The predicted molar refractivity (Wildman–Crippen MR) is 92.3 cm³/mol. The summed E-state index contributed by atoms with van der Waals surface area (Å²) in [6, 6.07) is 10.7. The summed E-state index contributed by atoms with van der Waals surface area (Å²) in [5.74, 6) is -0.916. The highest BCUT2D eigenvalue weighted by molar-refractivity contribution is 7.20. The maximum Gasteiger partial charge on any atom is 0.358 e. The standard InChI is InChI=1S/C17H13NO4S2/c1-21-16(19)12-5-2-4-11(8-12)9-22-17(20)13-10-24-15(18-13)14-6-3-7-23-14/h2-8,10H,9H2,1H3. The number of thiophene rings is 1. The van der Waals surface area contributed by atoms with Gasteiger partial charge in [0.1, 0.15) is 11.6 Å². The number of hydrogen-bond acceptors (Lipinski definition) is 7. The number of rotatable bonds is 5. The number of methoxy groups -OCH3 is 1. The van der Waals surface area contributed by atoms with Crippen molar-refractivity contribution in [1.82, 2.24) is 4.98 Å². The van der Waals surface area contributed by atoms with Gasteiger partial charge in [-0.2, -0.15) is 0 Å². The summed E-state index contributed by atoms with van der Waals surface area (Å²) in [4.78, 5) is 28.9. The molecule has 0 N–H and O–H groups in total. The highest BCUT2D eigenvalue weighted by Crippen LogP contribution is 2.28. The predicted octanol–water partition coefficient (Wildman–Crippen LogP) is 4.02. The fourth-order valence-corrected chi connectivity index (χ4v) is 3.61. The van der Waals surface area contributed by atoms with E-state index in [1.54, 1.807) is 41.0 Å². The SMILES string of the molecule is COC(=O)c1cccc(COC(=O)c2csc(-c3cccs3)n2)c1. The largest absolute Gasteiger partial charge is 0.465 e. The molecular formula is C17H13NO4S2. The molecule has 3 rings (SSSR count). The lowest BCUT2D eigenvalue weighted by atomic mass is 10.1. The highest BCUT2D eigenvalue weighted by atomic mass is 32.1. The van der Waals surface area contributed by atoms with E-state index in [2.05, 4.69) is 9.72 Å². The van der Waals surface area contributed by atoms with E-state index < -0.39 is 11.9 Å². The van der Waals surface area contributed by atoms with Gasteiger partial charge in [0.15, 0.2) is 5.69 Å². The van der Waals surface area contributed by atoms with Gasteiger partial charge in [0, 0.05) is 5.38 Å². The maximum absolute atomic E-state index is 12.1. The number of thiazole rings is 1. The number of ether oxygens (including phenoxy) is 2. The molecule has 0 aliphatic rings. The van der Waals surface area contributed by atoms with Crippen LogP contribution in [0.3, 0.4) is 0 Å². The van der Waals surface area contributed by atoms with Crippen LogP contribution in [0.15, 0.2) is 47.2 Å². The van der Waals surface area contributed by atoms with Gasteiger partial charge in [-0.15, -0.1) is 22.7 Å². The van der Waals surface area contributed by atoms with Crippen molar-refractivity contribution >= 4 is 34.6 Å². The van der Waals surface area contributed by atoms with Gasteiger partial charge in [-0.1, -0.05) is 18.2 Å². The number of esters is 2. The number of aromatic nitrogens is 1. The molecule has 0 aliphatic heterocycles. The van der Waals surface area contributed by atoms with Crippen LogP contribution in [0.1, 0.15) is 26.4 Å². The summed E-state index contributed by atoms with van der Waals surface area (Å²) >= 11 is 2.97. The molecule has 1 aromatic carbocycles. The van der Waals surface area contributed by atoms with Gasteiger partial charge in [-0.25, -0.2) is 14.6 Å². The fraction of sp³-hybridized carbons (Fsp3) is 0.118. The van der Waals surface area contributed by atoms with E-state index >= 15 is 0 Å². The summed E-state index contributed by atoms with van der Waals surface area (Å²) < 4.78 is 9.94. The van der Waals surface area contributed by atoms with Crippen LogP contribution >= 0.6 is 22.7 Å². The van der Waals surface area contributed by atoms with E-state index in [0.29, 0.717) is 11.1 Å². The average molecular weight is 359 g/mol. The minimum Gasteiger partial charge on any atom is -0.465 e. The van der Waals surface area contributed by atoms with E-state index in [0.717, 1.165) is 9.88 Å². The first-order valence-corrected chi connectivity index (χ1v) is 8.77. The quantitative estimate of drug-likeness (QED) is 0.644. The molecular weight excluding hydrogens is 346 g/mol. The Labute approximate surface area is 146 Å². The number of carbonyl (C=O) groups excluding carboxylic acids is 2. The molecule has 2 aromatic heterocycles. The average Bonchev–Trinajstić information content (AvgIpc) is 3.30. The Morgan fingerprint density at radius 2 is 2.00 bits per heavy atom. The molecule has 3 aromatic rings. The molecule has 0 fully saturated rings. The molecule has 0 aliphatic carbocycles. The molecule has 0 radical (unpaired) electrons. The van der Waals surface area contributed by atoms with Crippen LogP contribution in [-0.2, 0) is 16.1 Å². The van der Waals surface area contributed by atoms with Crippen molar-refractivity contribution in [3.8, 4) is 9.88 Å². The van der Waals surface area contributed by atoms with Gasteiger partial charge >= 0.3 is 11.9 Å². The molecule has 0 saturated carbocycles. The van der Waals surface area contributed by atoms with Crippen molar-refractivity contribution in [3.05, 3.63) is 64.0 Å². The molecule has 24 heavy (non-hydrogen) atoms. The van der Waals surface area contributed by atoms with Crippen LogP contribution in [0.25, 0.3) is 9.88 Å². The molecule has 0 saturated heterocycles. The molecule has 5 nitrogen and oxygen atoms in total. The molecule has 0 unspecified atom stereocenters. The lowest BCUT2D eigenvalue weighted by Gasteiger charge is -2.05. The molecule has 2 heterocycles. The molecule has 0 bridgehead atoms. The Balaban J connectivity index is 1.65. The topological polar surface area (TPSA) is 65.5 Å². The number of benzene rings is 1. The van der Waals surface area contributed by atoms with E-state index in [4.69, 9.17) is 4.74 Å². The summed E-state index contributed by atoms with van der Waals surface area (Å²) in [6.07, 6.45) is 0. The van der Waals surface area contributed by atoms with Crippen molar-refractivity contribution in [3.63, 3.8) is 0 Å². The molecule has 0 atom stereocenters. The van der Waals surface area contributed by atoms with E-state index in [-0.39, 0.29) is 12.3 Å². The third-order valence-corrected chi connectivity index (χ3v) is 5.04. The monoisotopic (exact) mass is 359 g/mol. The first-order valence-electron chi connectivity index (χ1n) is 7.01. The zero-order valence-corrected chi connectivity index (χ0v) is 14.4. The smallest absolute Gasteiger partial charge is 0.358 e. The summed E-state index contributed by atoms with van der Waals surface area (Å²) in [5, 5.41) is 4.44. The van der Waals surface area contributed by atoms with Crippen molar-refractivity contribution in [2.45, 2.75) is 6.61 Å². The van der Waals surface area contributed by atoms with Gasteiger partial charge in [0.05, 0.1) is 17.6 Å². The van der Waals surface area contributed by atoms with Gasteiger partial charge in [-0.05, 0) is 29.1 Å². The Morgan fingerprint density at radius 3 is 2.75 bits per heavy atom. The van der Waals surface area contributed by atoms with Gasteiger partial charge < -0.3 is 9.47 Å². The molecule has 122 valence electrons. The first kappa shape index (κ1) is 16.4. The number of nitrogens with zero attached hydrogens (tertiary/aromatic N) is 1. The first-order chi connectivity index (χ1) is 11.7. The van der Waals surface area contributed by atoms with Crippen molar-refractivity contribution in [2.75, 3.05) is 7.11 Å². The lowest BCUT2D eigenvalue weighted by molar-refractivity contribution is 0.0467. The van der Waals surface area contributed by atoms with Crippen LogP contribution in [0.5, 0.6) is 0 Å². The van der Waals surface area contributed by atoms with Crippen LogP contribution < -0.4 is 0 Å². The fourth-order valence-electron chi connectivity index (χ4n) is 2.01. The molecule has 0 amide bonds. The minimum absolute atomic E-state index is 0.0650. The third kappa shape index (κ3) is 3.69. The van der Waals surface area contributed by atoms with Gasteiger partial charge in [-0.3, -0.25) is 0 Å². The molecule has 7 heteroatoms. The third-order valence-electron chi connectivity index (χ3n) is 3.16.